The Labute approximate surface area is 135 Å². The monoisotopic (exact) mass is 355 g/mol. The minimum Gasteiger partial charge on any atom is -0.408 e. The number of fused-ring (bicyclic) bond motifs is 1. The first-order chi connectivity index (χ1) is 10.8. The van der Waals surface area contributed by atoms with Gasteiger partial charge in [0, 0.05) is 13.1 Å². The van der Waals surface area contributed by atoms with Gasteiger partial charge in [0.1, 0.15) is 5.82 Å². The Hall–Kier alpha value is -2.12. The number of aromatic nitrogens is 1. The maximum absolute atomic E-state index is 13.4. The number of hydrogen-bond donors (Lipinski definition) is 0. The molecular weight excluding hydrogens is 345 g/mol. The zero-order chi connectivity index (χ0) is 16.8. The second kappa shape index (κ2) is 5.50. The van der Waals surface area contributed by atoms with E-state index in [1.165, 1.54) is 41.9 Å². The van der Waals surface area contributed by atoms with E-state index in [4.69, 9.17) is 16.0 Å². The van der Waals surface area contributed by atoms with Crippen LogP contribution >= 0.6 is 11.6 Å². The van der Waals surface area contributed by atoms with Crippen LogP contribution in [0, 0.1) is 5.82 Å². The largest absolute Gasteiger partial charge is 0.419 e. The molecule has 0 unspecified atom stereocenters. The topological polar surface area (TPSA) is 69.3 Å². The molecule has 8 heteroatoms. The molecule has 1 aromatic heterocycles. The van der Waals surface area contributed by atoms with Gasteiger partial charge in [-0.3, -0.25) is 4.57 Å². The standard InChI is InChI=1S/C15H11ClFNO4S/c1-18-13-5-3-10(7-14(13)22-15(18)19)23(20,21)8-9-2-4-11(16)12(17)6-9/h2-7H,8H2,1H3. The van der Waals surface area contributed by atoms with Gasteiger partial charge in [0.25, 0.3) is 0 Å². The van der Waals surface area contributed by atoms with Crippen molar-refractivity contribution < 1.29 is 17.2 Å². The number of rotatable bonds is 3. The van der Waals surface area contributed by atoms with E-state index >= 15 is 0 Å². The number of oxazole rings is 1. The van der Waals surface area contributed by atoms with Crippen molar-refractivity contribution in [3.8, 4) is 0 Å². The molecule has 3 aromatic rings. The number of hydrogen-bond acceptors (Lipinski definition) is 4. The van der Waals surface area contributed by atoms with Gasteiger partial charge in [-0.15, -0.1) is 0 Å². The van der Waals surface area contributed by atoms with Crippen LogP contribution in [0.15, 0.2) is 50.5 Å². The lowest BCUT2D eigenvalue weighted by Gasteiger charge is -2.05. The highest BCUT2D eigenvalue weighted by molar-refractivity contribution is 7.90. The molecule has 1 heterocycles. The highest BCUT2D eigenvalue weighted by atomic mass is 35.5. The second-order valence-electron chi connectivity index (χ2n) is 5.06. The van der Waals surface area contributed by atoms with Crippen LogP contribution in [0.5, 0.6) is 0 Å². The van der Waals surface area contributed by atoms with Crippen LogP contribution in [0.25, 0.3) is 11.1 Å². The fourth-order valence-electron chi connectivity index (χ4n) is 2.24. The molecule has 0 atom stereocenters. The number of halogens is 2. The molecule has 5 nitrogen and oxygen atoms in total. The third-order valence-electron chi connectivity index (χ3n) is 3.46. The summed E-state index contributed by atoms with van der Waals surface area (Å²) in [4.78, 5) is 11.4. The van der Waals surface area contributed by atoms with Crippen molar-refractivity contribution in [1.29, 1.82) is 0 Å². The fourth-order valence-corrected chi connectivity index (χ4v) is 3.70. The van der Waals surface area contributed by atoms with E-state index in [1.54, 1.807) is 0 Å². The second-order valence-corrected chi connectivity index (χ2v) is 7.46. The average Bonchev–Trinajstić information content (AvgIpc) is 2.77. The molecule has 0 aliphatic heterocycles. The lowest BCUT2D eigenvalue weighted by molar-refractivity contribution is 0.527. The Morgan fingerprint density at radius 2 is 1.96 bits per heavy atom. The SMILES string of the molecule is Cn1c(=O)oc2cc(S(=O)(=O)Cc3ccc(Cl)c(F)c3)ccc21. The summed E-state index contributed by atoms with van der Waals surface area (Å²) in [5.74, 6) is -1.64. The number of sulfone groups is 1. The Morgan fingerprint density at radius 3 is 2.65 bits per heavy atom. The predicted octanol–water partition coefficient (Wildman–Crippen LogP) is 2.90. The molecule has 2 aromatic carbocycles. The van der Waals surface area contributed by atoms with E-state index in [2.05, 4.69) is 0 Å². The molecule has 0 amide bonds. The van der Waals surface area contributed by atoms with E-state index in [1.807, 2.05) is 0 Å². The molecule has 3 rings (SSSR count). The summed E-state index contributed by atoms with van der Waals surface area (Å²) in [5.41, 5.74) is 0.953. The highest BCUT2D eigenvalue weighted by Gasteiger charge is 2.18. The van der Waals surface area contributed by atoms with Crippen molar-refractivity contribution >= 4 is 32.5 Å². The van der Waals surface area contributed by atoms with Crippen LogP contribution in [-0.4, -0.2) is 13.0 Å². The van der Waals surface area contributed by atoms with Crippen molar-refractivity contribution in [2.24, 2.45) is 7.05 Å². The van der Waals surface area contributed by atoms with Gasteiger partial charge >= 0.3 is 5.76 Å². The van der Waals surface area contributed by atoms with Crippen LogP contribution in [0.4, 0.5) is 4.39 Å². The predicted molar refractivity (Wildman–Crippen MR) is 83.8 cm³/mol. The summed E-state index contributed by atoms with van der Waals surface area (Å²) in [6.45, 7) is 0. The number of nitrogens with zero attached hydrogens (tertiary/aromatic N) is 1. The molecule has 0 fully saturated rings. The molecule has 0 saturated heterocycles. The van der Waals surface area contributed by atoms with Gasteiger partial charge in [-0.1, -0.05) is 17.7 Å². The Bertz CT molecular complexity index is 1070. The lowest BCUT2D eigenvalue weighted by Crippen LogP contribution is -2.08. The van der Waals surface area contributed by atoms with Crippen LogP contribution in [-0.2, 0) is 22.6 Å². The van der Waals surface area contributed by atoms with Crippen molar-refractivity contribution in [3.63, 3.8) is 0 Å². The highest BCUT2D eigenvalue weighted by Crippen LogP contribution is 2.23. The number of benzene rings is 2. The van der Waals surface area contributed by atoms with Crippen LogP contribution < -0.4 is 5.76 Å². The summed E-state index contributed by atoms with van der Waals surface area (Å²) in [7, 11) is -2.19. The molecular formula is C15H11ClFNO4S. The van der Waals surface area contributed by atoms with Crippen molar-refractivity contribution in [3.05, 3.63) is 63.4 Å². The molecule has 0 spiro atoms. The van der Waals surface area contributed by atoms with Crippen molar-refractivity contribution in [1.82, 2.24) is 4.57 Å². The van der Waals surface area contributed by atoms with Crippen molar-refractivity contribution in [2.45, 2.75) is 10.6 Å². The van der Waals surface area contributed by atoms with Gasteiger partial charge in [0.15, 0.2) is 15.4 Å². The van der Waals surface area contributed by atoms with E-state index < -0.39 is 21.4 Å². The van der Waals surface area contributed by atoms with Crippen molar-refractivity contribution in [2.75, 3.05) is 0 Å². The molecule has 0 bridgehead atoms. The molecule has 120 valence electrons. The molecule has 0 N–H and O–H groups in total. The normalized spacial score (nSPS) is 12.0. The van der Waals surface area contributed by atoms with Gasteiger partial charge in [-0.25, -0.2) is 17.6 Å². The van der Waals surface area contributed by atoms with Gasteiger partial charge in [0.05, 0.1) is 21.2 Å². The molecule has 0 saturated carbocycles. The lowest BCUT2D eigenvalue weighted by atomic mass is 10.2. The van der Waals surface area contributed by atoms with E-state index in [-0.39, 0.29) is 26.8 Å². The van der Waals surface area contributed by atoms with Gasteiger partial charge in [-0.05, 0) is 29.8 Å². The fraction of sp³-hybridized carbons (Fsp3) is 0.133. The van der Waals surface area contributed by atoms with Crippen LogP contribution in [0.2, 0.25) is 5.02 Å². The van der Waals surface area contributed by atoms with Crippen LogP contribution in [0.3, 0.4) is 0 Å². The Balaban J connectivity index is 2.01. The summed E-state index contributed by atoms with van der Waals surface area (Å²) in [5, 5.41) is -0.0707. The van der Waals surface area contributed by atoms with Gasteiger partial charge in [0.2, 0.25) is 0 Å². The average molecular weight is 356 g/mol. The summed E-state index contributed by atoms with van der Waals surface area (Å²) < 4.78 is 44.6. The summed E-state index contributed by atoms with van der Waals surface area (Å²) in [6, 6.07) is 8.01. The third kappa shape index (κ3) is 2.89. The minimum absolute atomic E-state index is 0.00490. The Kier molecular flexibility index (Phi) is 3.77. The molecule has 23 heavy (non-hydrogen) atoms. The zero-order valence-electron chi connectivity index (χ0n) is 11.9. The van der Waals surface area contributed by atoms with Gasteiger partial charge in [-0.2, -0.15) is 0 Å². The third-order valence-corrected chi connectivity index (χ3v) is 5.46. The zero-order valence-corrected chi connectivity index (χ0v) is 13.5. The van der Waals surface area contributed by atoms with E-state index in [0.717, 1.165) is 6.07 Å². The summed E-state index contributed by atoms with van der Waals surface area (Å²) >= 11 is 5.58. The summed E-state index contributed by atoms with van der Waals surface area (Å²) in [6.07, 6.45) is 0. The first-order valence-corrected chi connectivity index (χ1v) is 8.57. The smallest absolute Gasteiger partial charge is 0.408 e. The Morgan fingerprint density at radius 1 is 1.22 bits per heavy atom. The van der Waals surface area contributed by atoms with Crippen LogP contribution in [0.1, 0.15) is 5.56 Å². The molecule has 0 aliphatic rings. The number of aryl methyl sites for hydroxylation is 1. The first-order valence-electron chi connectivity index (χ1n) is 6.54. The maximum Gasteiger partial charge on any atom is 0.419 e. The van der Waals surface area contributed by atoms with E-state index in [0.29, 0.717) is 5.52 Å². The molecule has 0 radical (unpaired) electrons. The molecule has 0 aliphatic carbocycles. The quantitative estimate of drug-likeness (QED) is 0.724. The van der Waals surface area contributed by atoms with E-state index in [9.17, 15) is 17.6 Å². The maximum atomic E-state index is 13.4. The van der Waals surface area contributed by atoms with Gasteiger partial charge < -0.3 is 4.42 Å². The minimum atomic E-state index is -3.72. The first kappa shape index (κ1) is 15.8.